The van der Waals surface area contributed by atoms with Gasteiger partial charge in [0.25, 0.3) is 5.91 Å². The number of carbonyl (C=O) groups excluding carboxylic acids is 2. The van der Waals surface area contributed by atoms with E-state index in [4.69, 9.17) is 21.1 Å². The van der Waals surface area contributed by atoms with Crippen molar-refractivity contribution in [3.63, 3.8) is 0 Å². The van der Waals surface area contributed by atoms with Crippen molar-refractivity contribution in [2.75, 3.05) is 11.7 Å². The number of phenols is 1. The third kappa shape index (κ3) is 2.70. The zero-order valence-electron chi connectivity index (χ0n) is 12.9. The Morgan fingerprint density at radius 1 is 1.08 bits per heavy atom. The number of amides is 2. The number of aromatic hydroxyl groups is 1. The number of ether oxygens (including phenoxy) is 2. The van der Waals surface area contributed by atoms with Crippen LogP contribution >= 0.6 is 11.6 Å². The van der Waals surface area contributed by atoms with Gasteiger partial charge in [-0.25, -0.2) is 4.90 Å². The maximum Gasteiger partial charge on any atom is 0.261 e. The van der Waals surface area contributed by atoms with E-state index in [0.29, 0.717) is 28.3 Å². The molecule has 1 N–H and O–H groups in total. The smallest absolute Gasteiger partial charge is 0.261 e. The normalized spacial score (nSPS) is 17.6. The molecular weight excluding hydrogens is 346 g/mol. The molecular formula is C18H12ClNO5. The predicted octanol–water partition coefficient (Wildman–Crippen LogP) is 3.12. The number of fused-ring (bicyclic) bond motifs is 1. The van der Waals surface area contributed by atoms with E-state index in [2.05, 4.69) is 0 Å². The highest BCUT2D eigenvalue weighted by Gasteiger charge is 2.35. The summed E-state index contributed by atoms with van der Waals surface area (Å²) in [5.74, 6) is 0.325. The Bertz CT molecular complexity index is 937. The van der Waals surface area contributed by atoms with Crippen LogP contribution in [-0.4, -0.2) is 23.7 Å². The molecule has 4 rings (SSSR count). The summed E-state index contributed by atoms with van der Waals surface area (Å²) < 4.78 is 10.5. The quantitative estimate of drug-likeness (QED) is 0.660. The zero-order chi connectivity index (χ0) is 17.6. The summed E-state index contributed by atoms with van der Waals surface area (Å²) in [5, 5.41) is 9.64. The summed E-state index contributed by atoms with van der Waals surface area (Å²) in [6.45, 7) is 0.118. The number of hydrogen-bond acceptors (Lipinski definition) is 5. The molecule has 0 spiro atoms. The van der Waals surface area contributed by atoms with Gasteiger partial charge < -0.3 is 14.6 Å². The van der Waals surface area contributed by atoms with E-state index in [1.54, 1.807) is 30.3 Å². The molecule has 0 aromatic heterocycles. The molecule has 0 radical (unpaired) electrons. The lowest BCUT2D eigenvalue weighted by Crippen LogP contribution is -2.28. The third-order valence-corrected chi connectivity index (χ3v) is 4.30. The molecule has 126 valence electrons. The molecule has 7 heteroatoms. The number of carbonyl (C=O) groups is 2. The molecule has 2 heterocycles. The Hall–Kier alpha value is -2.99. The fraction of sp³-hybridized carbons (Fsp3) is 0.111. The van der Waals surface area contributed by atoms with Crippen molar-refractivity contribution in [2.24, 2.45) is 0 Å². The van der Waals surface area contributed by atoms with Crippen LogP contribution in [0.3, 0.4) is 0 Å². The molecule has 0 atom stereocenters. The van der Waals surface area contributed by atoms with Crippen molar-refractivity contribution >= 4 is 35.2 Å². The number of hydrogen-bond donors (Lipinski definition) is 1. The summed E-state index contributed by atoms with van der Waals surface area (Å²) in [5.41, 5.74) is 1.42. The lowest BCUT2D eigenvalue weighted by molar-refractivity contribution is -0.120. The zero-order valence-corrected chi connectivity index (χ0v) is 13.6. The van der Waals surface area contributed by atoms with Crippen LogP contribution in [0.25, 0.3) is 6.08 Å². The first kappa shape index (κ1) is 15.5. The van der Waals surface area contributed by atoms with Gasteiger partial charge in [-0.05, 0) is 35.9 Å². The van der Waals surface area contributed by atoms with Crippen LogP contribution in [0.15, 0.2) is 42.0 Å². The molecule has 2 aromatic rings. The van der Waals surface area contributed by atoms with E-state index < -0.39 is 5.91 Å². The van der Waals surface area contributed by atoms with Gasteiger partial charge in [-0.3, -0.25) is 9.59 Å². The third-order valence-electron chi connectivity index (χ3n) is 4.00. The van der Waals surface area contributed by atoms with E-state index >= 15 is 0 Å². The first-order valence-corrected chi connectivity index (χ1v) is 7.87. The van der Waals surface area contributed by atoms with Crippen LogP contribution in [-0.2, 0) is 9.59 Å². The van der Waals surface area contributed by atoms with E-state index in [0.717, 1.165) is 4.90 Å². The van der Waals surface area contributed by atoms with E-state index in [1.165, 1.54) is 12.1 Å². The van der Waals surface area contributed by atoms with Gasteiger partial charge in [0.1, 0.15) is 5.75 Å². The molecule has 1 fully saturated rings. The lowest BCUT2D eigenvalue weighted by atomic mass is 10.1. The SMILES string of the molecule is O=C1CC(=Cc2ccc(O)c(Cl)c2)C(=O)N1c1ccc2c(c1)OCO2. The Morgan fingerprint density at radius 3 is 2.68 bits per heavy atom. The van der Waals surface area contributed by atoms with Gasteiger partial charge in [0, 0.05) is 11.6 Å². The minimum Gasteiger partial charge on any atom is -0.506 e. The van der Waals surface area contributed by atoms with Gasteiger partial charge in [0.2, 0.25) is 12.7 Å². The molecule has 6 nitrogen and oxygen atoms in total. The highest BCUT2D eigenvalue weighted by atomic mass is 35.5. The molecule has 0 unspecified atom stereocenters. The number of anilines is 1. The summed E-state index contributed by atoms with van der Waals surface area (Å²) in [4.78, 5) is 26.1. The van der Waals surface area contributed by atoms with Gasteiger partial charge >= 0.3 is 0 Å². The first-order chi connectivity index (χ1) is 12.0. The second-order valence-corrected chi connectivity index (χ2v) is 6.04. The van der Waals surface area contributed by atoms with Crippen molar-refractivity contribution in [3.8, 4) is 17.2 Å². The van der Waals surface area contributed by atoms with Gasteiger partial charge in [0.05, 0.1) is 17.1 Å². The van der Waals surface area contributed by atoms with E-state index in [1.807, 2.05) is 0 Å². The molecule has 1 saturated heterocycles. The van der Waals surface area contributed by atoms with Crippen LogP contribution < -0.4 is 14.4 Å². The van der Waals surface area contributed by atoms with Crippen molar-refractivity contribution in [1.29, 1.82) is 0 Å². The number of halogens is 1. The largest absolute Gasteiger partial charge is 0.506 e. The molecule has 2 aliphatic rings. The topological polar surface area (TPSA) is 76.1 Å². The minimum absolute atomic E-state index is 0.00816. The summed E-state index contributed by atoms with van der Waals surface area (Å²) in [6.07, 6.45) is 1.59. The van der Waals surface area contributed by atoms with Crippen LogP contribution in [0.2, 0.25) is 5.02 Å². The number of benzene rings is 2. The maximum atomic E-state index is 12.7. The van der Waals surface area contributed by atoms with Crippen molar-refractivity contribution in [3.05, 3.63) is 52.6 Å². The van der Waals surface area contributed by atoms with Crippen LogP contribution in [0.1, 0.15) is 12.0 Å². The van der Waals surface area contributed by atoms with E-state index in [-0.39, 0.29) is 29.9 Å². The van der Waals surface area contributed by atoms with Crippen LogP contribution in [0.5, 0.6) is 17.2 Å². The van der Waals surface area contributed by atoms with Crippen molar-refractivity contribution in [2.45, 2.75) is 6.42 Å². The van der Waals surface area contributed by atoms with Gasteiger partial charge in [-0.1, -0.05) is 17.7 Å². The van der Waals surface area contributed by atoms with Gasteiger partial charge in [0.15, 0.2) is 11.5 Å². The molecule has 0 aliphatic carbocycles. The lowest BCUT2D eigenvalue weighted by Gasteiger charge is -2.13. The second kappa shape index (κ2) is 5.82. The maximum absolute atomic E-state index is 12.7. The Balaban J connectivity index is 1.66. The number of rotatable bonds is 2. The Morgan fingerprint density at radius 2 is 1.88 bits per heavy atom. The van der Waals surface area contributed by atoms with Gasteiger partial charge in [-0.2, -0.15) is 0 Å². The molecule has 2 aromatic carbocycles. The van der Waals surface area contributed by atoms with Gasteiger partial charge in [-0.15, -0.1) is 0 Å². The first-order valence-electron chi connectivity index (χ1n) is 7.49. The summed E-state index contributed by atoms with van der Waals surface area (Å²) in [7, 11) is 0. The summed E-state index contributed by atoms with van der Waals surface area (Å²) >= 11 is 5.88. The standard InChI is InChI=1S/C18H12ClNO5/c19-13-6-10(1-3-14(13)21)5-11-7-17(22)20(18(11)23)12-2-4-15-16(8-12)25-9-24-15/h1-6,8,21H,7,9H2. The fourth-order valence-electron chi connectivity index (χ4n) is 2.79. The highest BCUT2D eigenvalue weighted by Crippen LogP contribution is 2.37. The molecule has 0 saturated carbocycles. The molecule has 0 bridgehead atoms. The molecule has 25 heavy (non-hydrogen) atoms. The molecule has 2 aliphatic heterocycles. The number of phenolic OH excluding ortho intramolecular Hbond substituents is 1. The highest BCUT2D eigenvalue weighted by molar-refractivity contribution is 6.32. The fourth-order valence-corrected chi connectivity index (χ4v) is 2.98. The Labute approximate surface area is 147 Å². The second-order valence-electron chi connectivity index (χ2n) is 5.63. The van der Waals surface area contributed by atoms with Crippen molar-refractivity contribution < 1.29 is 24.2 Å². The number of imide groups is 1. The minimum atomic E-state index is -0.395. The van der Waals surface area contributed by atoms with Crippen LogP contribution in [0.4, 0.5) is 5.69 Å². The molecule has 2 amide bonds. The van der Waals surface area contributed by atoms with Crippen molar-refractivity contribution in [1.82, 2.24) is 0 Å². The monoisotopic (exact) mass is 357 g/mol. The average molecular weight is 358 g/mol. The average Bonchev–Trinajstić information content (AvgIpc) is 3.15. The summed E-state index contributed by atoms with van der Waals surface area (Å²) in [6, 6.07) is 9.51. The number of nitrogens with zero attached hydrogens (tertiary/aromatic N) is 1. The predicted molar refractivity (Wildman–Crippen MR) is 90.8 cm³/mol. The van der Waals surface area contributed by atoms with E-state index in [9.17, 15) is 14.7 Å². The van der Waals surface area contributed by atoms with Crippen LogP contribution in [0, 0.1) is 0 Å². The Kier molecular flexibility index (Phi) is 3.62.